The second kappa shape index (κ2) is 4.60. The number of carbonyl (C=O) groups excluding carboxylic acids is 1. The summed E-state index contributed by atoms with van der Waals surface area (Å²) in [6.07, 6.45) is 0. The first-order valence-corrected chi connectivity index (χ1v) is 6.54. The van der Waals surface area contributed by atoms with Crippen molar-refractivity contribution < 1.29 is 9.18 Å². The maximum absolute atomic E-state index is 13.8. The van der Waals surface area contributed by atoms with Crippen molar-refractivity contribution in [2.45, 2.75) is 38.8 Å². The fraction of sp³-hybridized carbons (Fsp3) is 0.533. The van der Waals surface area contributed by atoms with E-state index >= 15 is 0 Å². The fourth-order valence-electron chi connectivity index (χ4n) is 2.34. The summed E-state index contributed by atoms with van der Waals surface area (Å²) in [6, 6.07) is 6.16. The van der Waals surface area contributed by atoms with Crippen LogP contribution in [-0.4, -0.2) is 35.0 Å². The van der Waals surface area contributed by atoms with Crippen LogP contribution in [0.3, 0.4) is 0 Å². The molecule has 1 amide bonds. The van der Waals surface area contributed by atoms with E-state index in [1.807, 2.05) is 27.7 Å². The summed E-state index contributed by atoms with van der Waals surface area (Å²) in [4.78, 5) is 14.3. The van der Waals surface area contributed by atoms with Gasteiger partial charge in [-0.25, -0.2) is 4.39 Å². The van der Waals surface area contributed by atoms with Crippen LogP contribution < -0.4 is 5.32 Å². The van der Waals surface area contributed by atoms with Crippen LogP contribution in [0.4, 0.5) is 4.39 Å². The molecule has 1 N–H and O–H groups in total. The molecule has 1 aromatic carbocycles. The molecule has 2 rings (SSSR count). The van der Waals surface area contributed by atoms with Crippen molar-refractivity contribution in [3.05, 3.63) is 35.6 Å². The third-order valence-electron chi connectivity index (χ3n) is 3.63. The van der Waals surface area contributed by atoms with E-state index in [1.54, 1.807) is 23.1 Å². The lowest BCUT2D eigenvalue weighted by Crippen LogP contribution is -2.67. The van der Waals surface area contributed by atoms with Gasteiger partial charge in [0.05, 0.1) is 11.1 Å². The maximum atomic E-state index is 13.8. The van der Waals surface area contributed by atoms with E-state index in [1.165, 1.54) is 6.07 Å². The van der Waals surface area contributed by atoms with Gasteiger partial charge >= 0.3 is 0 Å². The number of amides is 1. The van der Waals surface area contributed by atoms with Gasteiger partial charge in [-0.3, -0.25) is 4.79 Å². The molecule has 1 heterocycles. The zero-order chi connectivity index (χ0) is 14.3. The van der Waals surface area contributed by atoms with E-state index in [2.05, 4.69) is 5.32 Å². The van der Waals surface area contributed by atoms with Crippen molar-refractivity contribution in [3.8, 4) is 0 Å². The monoisotopic (exact) mass is 264 g/mol. The van der Waals surface area contributed by atoms with Gasteiger partial charge in [-0.2, -0.15) is 0 Å². The molecule has 1 aromatic rings. The number of nitrogens with one attached hydrogen (secondary N) is 1. The molecule has 0 spiro atoms. The summed E-state index contributed by atoms with van der Waals surface area (Å²) >= 11 is 0. The third kappa shape index (κ3) is 2.78. The van der Waals surface area contributed by atoms with Crippen LogP contribution in [0.15, 0.2) is 24.3 Å². The standard InChI is InChI=1S/C15H21FN2O/c1-14(2)10-18(15(3,4)9-17-14)13(19)11-7-5-6-8-12(11)16/h5-8,17H,9-10H2,1-4H3. The van der Waals surface area contributed by atoms with Crippen molar-refractivity contribution in [2.24, 2.45) is 0 Å². The zero-order valence-electron chi connectivity index (χ0n) is 12.0. The summed E-state index contributed by atoms with van der Waals surface area (Å²) in [7, 11) is 0. The van der Waals surface area contributed by atoms with Crippen molar-refractivity contribution in [3.63, 3.8) is 0 Å². The predicted molar refractivity (Wildman–Crippen MR) is 73.6 cm³/mol. The lowest BCUT2D eigenvalue weighted by molar-refractivity contribution is 0.0277. The van der Waals surface area contributed by atoms with Crippen LogP contribution in [0.2, 0.25) is 0 Å². The number of carbonyl (C=O) groups is 1. The first kappa shape index (κ1) is 14.0. The van der Waals surface area contributed by atoms with Crippen LogP contribution in [0.1, 0.15) is 38.1 Å². The Bertz CT molecular complexity index is 497. The average Bonchev–Trinajstić information content (AvgIpc) is 2.33. The molecule has 0 saturated carbocycles. The average molecular weight is 264 g/mol. The molecule has 1 saturated heterocycles. The van der Waals surface area contributed by atoms with E-state index < -0.39 is 5.82 Å². The van der Waals surface area contributed by atoms with Gasteiger partial charge in [0.15, 0.2) is 0 Å². The van der Waals surface area contributed by atoms with E-state index in [-0.39, 0.29) is 22.5 Å². The van der Waals surface area contributed by atoms with Gasteiger partial charge in [-0.1, -0.05) is 12.1 Å². The van der Waals surface area contributed by atoms with Crippen molar-refractivity contribution in [2.75, 3.05) is 13.1 Å². The number of piperazine rings is 1. The minimum absolute atomic E-state index is 0.147. The first-order chi connectivity index (χ1) is 8.73. The topological polar surface area (TPSA) is 32.3 Å². The molecule has 1 fully saturated rings. The third-order valence-corrected chi connectivity index (χ3v) is 3.63. The van der Waals surface area contributed by atoms with Crippen LogP contribution in [-0.2, 0) is 0 Å². The van der Waals surface area contributed by atoms with Crippen molar-refractivity contribution >= 4 is 5.91 Å². The molecule has 4 heteroatoms. The van der Waals surface area contributed by atoms with Crippen molar-refractivity contribution in [1.82, 2.24) is 10.2 Å². The van der Waals surface area contributed by atoms with Gasteiger partial charge in [0, 0.05) is 18.6 Å². The molecule has 3 nitrogen and oxygen atoms in total. The number of hydrogen-bond donors (Lipinski definition) is 1. The van der Waals surface area contributed by atoms with E-state index in [4.69, 9.17) is 0 Å². The maximum Gasteiger partial charge on any atom is 0.257 e. The number of benzene rings is 1. The summed E-state index contributed by atoms with van der Waals surface area (Å²) in [5.74, 6) is -0.697. The molecule has 1 aliphatic rings. The van der Waals surface area contributed by atoms with Gasteiger partial charge in [0.25, 0.3) is 5.91 Å². The number of nitrogens with zero attached hydrogens (tertiary/aromatic N) is 1. The van der Waals surface area contributed by atoms with Crippen LogP contribution >= 0.6 is 0 Å². The van der Waals surface area contributed by atoms with Gasteiger partial charge in [-0.05, 0) is 39.8 Å². The second-order valence-corrected chi connectivity index (χ2v) is 6.42. The second-order valence-electron chi connectivity index (χ2n) is 6.42. The van der Waals surface area contributed by atoms with Gasteiger partial charge < -0.3 is 10.2 Å². The Morgan fingerprint density at radius 1 is 1.26 bits per heavy atom. The minimum Gasteiger partial charge on any atom is -0.330 e. The summed E-state index contributed by atoms with van der Waals surface area (Å²) in [5.41, 5.74) is -0.334. The highest BCUT2D eigenvalue weighted by molar-refractivity contribution is 5.95. The van der Waals surface area contributed by atoms with E-state index in [9.17, 15) is 9.18 Å². The summed E-state index contributed by atoms with van der Waals surface area (Å²) < 4.78 is 13.8. The predicted octanol–water partition coefficient (Wildman–Crippen LogP) is 2.43. The molecular formula is C15H21FN2O. The van der Waals surface area contributed by atoms with Gasteiger partial charge in [0.1, 0.15) is 5.82 Å². The molecular weight excluding hydrogens is 243 g/mol. The lowest BCUT2D eigenvalue weighted by Gasteiger charge is -2.49. The summed E-state index contributed by atoms with van der Waals surface area (Å²) in [6.45, 7) is 9.34. The highest BCUT2D eigenvalue weighted by Crippen LogP contribution is 2.26. The Hall–Kier alpha value is -1.42. The van der Waals surface area contributed by atoms with E-state index in [0.29, 0.717) is 13.1 Å². The smallest absolute Gasteiger partial charge is 0.257 e. The molecule has 0 atom stereocenters. The van der Waals surface area contributed by atoms with Gasteiger partial charge in [0.2, 0.25) is 0 Å². The Kier molecular flexibility index (Phi) is 3.39. The first-order valence-electron chi connectivity index (χ1n) is 6.54. The van der Waals surface area contributed by atoms with E-state index in [0.717, 1.165) is 0 Å². The molecule has 0 aliphatic carbocycles. The minimum atomic E-state index is -0.459. The molecule has 104 valence electrons. The Morgan fingerprint density at radius 3 is 2.53 bits per heavy atom. The molecule has 0 unspecified atom stereocenters. The Labute approximate surface area is 113 Å². The fourth-order valence-corrected chi connectivity index (χ4v) is 2.34. The van der Waals surface area contributed by atoms with Crippen LogP contribution in [0, 0.1) is 5.82 Å². The number of hydrogen-bond acceptors (Lipinski definition) is 2. The van der Waals surface area contributed by atoms with Crippen LogP contribution in [0.5, 0.6) is 0 Å². The summed E-state index contributed by atoms with van der Waals surface area (Å²) in [5, 5.41) is 3.41. The van der Waals surface area contributed by atoms with Crippen LogP contribution in [0.25, 0.3) is 0 Å². The molecule has 0 radical (unpaired) electrons. The number of halogens is 1. The highest BCUT2D eigenvalue weighted by atomic mass is 19.1. The molecule has 0 bridgehead atoms. The lowest BCUT2D eigenvalue weighted by atomic mass is 9.90. The van der Waals surface area contributed by atoms with Crippen molar-refractivity contribution in [1.29, 1.82) is 0 Å². The molecule has 1 aliphatic heterocycles. The van der Waals surface area contributed by atoms with Gasteiger partial charge in [-0.15, -0.1) is 0 Å². The normalized spacial score (nSPS) is 21.2. The SMILES string of the molecule is CC1(C)CN(C(=O)c2ccccc2F)C(C)(C)CN1. The zero-order valence-corrected chi connectivity index (χ0v) is 12.0. The molecule has 19 heavy (non-hydrogen) atoms. The quantitative estimate of drug-likeness (QED) is 0.845. The largest absolute Gasteiger partial charge is 0.330 e. The highest BCUT2D eigenvalue weighted by Gasteiger charge is 2.40. The Morgan fingerprint density at radius 2 is 1.89 bits per heavy atom. The molecule has 0 aromatic heterocycles. The Balaban J connectivity index is 2.33. The number of rotatable bonds is 1.